The standard InChI is InChI=1S/C21H26N4O5/c1-30-18-8-9-19(27)16(13-18)14-24-25-21(29)15-4-6-17(7-5-15)22-10-2-3-20(28)23-11-12-26/h4-9,13-14,22,26-27H,2-3,10-12H2,1H3,(H,23,28)(H,25,29). The molecule has 0 unspecified atom stereocenters. The fourth-order valence-electron chi connectivity index (χ4n) is 2.49. The van der Waals surface area contributed by atoms with E-state index >= 15 is 0 Å². The largest absolute Gasteiger partial charge is 0.507 e. The van der Waals surface area contributed by atoms with Crippen LogP contribution in [0.3, 0.4) is 0 Å². The van der Waals surface area contributed by atoms with E-state index in [9.17, 15) is 14.7 Å². The highest BCUT2D eigenvalue weighted by Gasteiger charge is 2.05. The number of hydrogen-bond acceptors (Lipinski definition) is 7. The van der Waals surface area contributed by atoms with Crippen molar-refractivity contribution < 1.29 is 24.5 Å². The number of aliphatic hydroxyl groups excluding tert-OH is 1. The molecule has 9 heteroatoms. The molecule has 0 aliphatic carbocycles. The molecular weight excluding hydrogens is 388 g/mol. The highest BCUT2D eigenvalue weighted by molar-refractivity contribution is 5.95. The van der Waals surface area contributed by atoms with Gasteiger partial charge in [-0.05, 0) is 48.9 Å². The summed E-state index contributed by atoms with van der Waals surface area (Å²) in [7, 11) is 1.52. The monoisotopic (exact) mass is 414 g/mol. The fraction of sp³-hybridized carbons (Fsp3) is 0.286. The Bertz CT molecular complexity index is 868. The van der Waals surface area contributed by atoms with Crippen LogP contribution in [0.25, 0.3) is 0 Å². The van der Waals surface area contributed by atoms with Crippen LogP contribution in [0.1, 0.15) is 28.8 Å². The first-order valence-corrected chi connectivity index (χ1v) is 9.45. The number of amides is 2. The number of anilines is 1. The SMILES string of the molecule is COc1ccc(O)c(C=NNC(=O)c2ccc(NCCCC(=O)NCCO)cc2)c1. The zero-order valence-electron chi connectivity index (χ0n) is 16.7. The number of aliphatic hydroxyl groups is 1. The summed E-state index contributed by atoms with van der Waals surface area (Å²) in [4.78, 5) is 23.6. The van der Waals surface area contributed by atoms with Gasteiger partial charge in [-0.2, -0.15) is 5.10 Å². The Balaban J connectivity index is 1.79. The molecular formula is C21H26N4O5. The lowest BCUT2D eigenvalue weighted by atomic mass is 10.2. The number of aromatic hydroxyl groups is 1. The van der Waals surface area contributed by atoms with Crippen molar-refractivity contribution in [3.05, 3.63) is 53.6 Å². The maximum atomic E-state index is 12.2. The molecule has 5 N–H and O–H groups in total. The molecule has 0 atom stereocenters. The van der Waals surface area contributed by atoms with Crippen molar-refractivity contribution in [3.8, 4) is 11.5 Å². The smallest absolute Gasteiger partial charge is 0.271 e. The van der Waals surface area contributed by atoms with E-state index in [1.54, 1.807) is 36.4 Å². The van der Waals surface area contributed by atoms with Gasteiger partial charge in [-0.15, -0.1) is 0 Å². The molecule has 0 aromatic heterocycles. The lowest BCUT2D eigenvalue weighted by Gasteiger charge is -2.07. The van der Waals surface area contributed by atoms with E-state index in [0.29, 0.717) is 36.3 Å². The number of benzene rings is 2. The molecule has 9 nitrogen and oxygen atoms in total. The number of methoxy groups -OCH3 is 1. The van der Waals surface area contributed by atoms with E-state index in [-0.39, 0.29) is 30.7 Å². The predicted molar refractivity (Wildman–Crippen MR) is 114 cm³/mol. The van der Waals surface area contributed by atoms with Gasteiger partial charge in [0.1, 0.15) is 11.5 Å². The molecule has 2 amide bonds. The number of phenols is 1. The summed E-state index contributed by atoms with van der Waals surface area (Å²) < 4.78 is 5.09. The van der Waals surface area contributed by atoms with Crippen molar-refractivity contribution in [1.82, 2.24) is 10.7 Å². The van der Waals surface area contributed by atoms with Gasteiger partial charge in [-0.1, -0.05) is 0 Å². The molecule has 0 fully saturated rings. The fourth-order valence-corrected chi connectivity index (χ4v) is 2.49. The van der Waals surface area contributed by atoms with Crippen LogP contribution in [-0.2, 0) is 4.79 Å². The Morgan fingerprint density at radius 3 is 2.60 bits per heavy atom. The van der Waals surface area contributed by atoms with Crippen LogP contribution in [0, 0.1) is 0 Å². The van der Waals surface area contributed by atoms with Crippen LogP contribution in [0.5, 0.6) is 11.5 Å². The molecule has 0 bridgehead atoms. The minimum atomic E-state index is -0.388. The third-order valence-corrected chi connectivity index (χ3v) is 4.10. The number of carbonyl (C=O) groups excluding carboxylic acids is 2. The van der Waals surface area contributed by atoms with Gasteiger partial charge < -0.3 is 25.6 Å². The van der Waals surface area contributed by atoms with E-state index in [1.165, 1.54) is 19.4 Å². The lowest BCUT2D eigenvalue weighted by Crippen LogP contribution is -2.26. The second-order valence-corrected chi connectivity index (χ2v) is 6.31. The molecule has 2 aromatic carbocycles. The van der Waals surface area contributed by atoms with Crippen molar-refractivity contribution in [3.63, 3.8) is 0 Å². The zero-order valence-corrected chi connectivity index (χ0v) is 16.7. The van der Waals surface area contributed by atoms with Crippen LogP contribution in [0.15, 0.2) is 47.6 Å². The van der Waals surface area contributed by atoms with E-state index < -0.39 is 0 Å². The minimum Gasteiger partial charge on any atom is -0.507 e. The molecule has 2 aromatic rings. The summed E-state index contributed by atoms with van der Waals surface area (Å²) >= 11 is 0. The molecule has 0 saturated carbocycles. The quantitative estimate of drug-likeness (QED) is 0.215. The van der Waals surface area contributed by atoms with Crippen LogP contribution in [-0.4, -0.2) is 55.0 Å². The molecule has 160 valence electrons. The second kappa shape index (κ2) is 12.1. The summed E-state index contributed by atoms with van der Waals surface area (Å²) in [5.41, 5.74) is 4.08. The summed E-state index contributed by atoms with van der Waals surface area (Å²) in [5, 5.41) is 28.1. The minimum absolute atomic E-state index is 0.0232. The molecule has 30 heavy (non-hydrogen) atoms. The Labute approximate surface area is 174 Å². The molecule has 0 saturated heterocycles. The van der Waals surface area contributed by atoms with E-state index in [1.807, 2.05) is 0 Å². The first-order valence-electron chi connectivity index (χ1n) is 9.45. The number of phenolic OH excluding ortho intramolecular Hbond substituents is 1. The van der Waals surface area contributed by atoms with Crippen LogP contribution in [0.2, 0.25) is 0 Å². The predicted octanol–water partition coefficient (Wildman–Crippen LogP) is 1.47. The maximum Gasteiger partial charge on any atom is 0.271 e. The number of rotatable bonds is 11. The van der Waals surface area contributed by atoms with E-state index in [4.69, 9.17) is 9.84 Å². The average molecular weight is 414 g/mol. The van der Waals surface area contributed by atoms with Crippen LogP contribution < -0.4 is 20.8 Å². The number of nitrogens with one attached hydrogen (secondary N) is 3. The normalized spacial score (nSPS) is 10.6. The van der Waals surface area contributed by atoms with E-state index in [0.717, 1.165) is 5.69 Å². The van der Waals surface area contributed by atoms with Crippen LogP contribution >= 0.6 is 0 Å². The summed E-state index contributed by atoms with van der Waals surface area (Å²) in [6.07, 6.45) is 2.35. The molecule has 0 radical (unpaired) electrons. The highest BCUT2D eigenvalue weighted by atomic mass is 16.5. The molecule has 0 heterocycles. The number of ether oxygens (including phenoxy) is 1. The van der Waals surface area contributed by atoms with Gasteiger partial charge in [0.25, 0.3) is 5.91 Å². The number of hydrogen-bond donors (Lipinski definition) is 5. The van der Waals surface area contributed by atoms with E-state index in [2.05, 4.69) is 21.2 Å². The molecule has 0 aliphatic rings. The van der Waals surface area contributed by atoms with Gasteiger partial charge in [-0.25, -0.2) is 5.43 Å². The maximum absolute atomic E-state index is 12.2. The first kappa shape index (κ1) is 22.7. The van der Waals surface area contributed by atoms with Crippen LogP contribution in [0.4, 0.5) is 5.69 Å². The van der Waals surface area contributed by atoms with Crippen molar-refractivity contribution in [2.75, 3.05) is 32.1 Å². The summed E-state index contributed by atoms with van der Waals surface area (Å²) in [5.74, 6) is 0.103. The third kappa shape index (κ3) is 7.44. The highest BCUT2D eigenvalue weighted by Crippen LogP contribution is 2.21. The van der Waals surface area contributed by atoms with Gasteiger partial charge >= 0.3 is 0 Å². The third-order valence-electron chi connectivity index (χ3n) is 4.10. The van der Waals surface area contributed by atoms with Crippen molar-refractivity contribution in [2.24, 2.45) is 5.10 Å². The second-order valence-electron chi connectivity index (χ2n) is 6.31. The first-order chi connectivity index (χ1) is 14.5. The Morgan fingerprint density at radius 1 is 1.13 bits per heavy atom. The Kier molecular flexibility index (Phi) is 9.14. The number of carbonyl (C=O) groups is 2. The topological polar surface area (TPSA) is 132 Å². The van der Waals surface area contributed by atoms with Crippen molar-refractivity contribution in [2.45, 2.75) is 12.8 Å². The zero-order chi connectivity index (χ0) is 21.8. The molecule has 0 spiro atoms. The molecule has 2 rings (SSSR count). The average Bonchev–Trinajstić information content (AvgIpc) is 2.76. The lowest BCUT2D eigenvalue weighted by molar-refractivity contribution is -0.121. The number of hydrazone groups is 1. The van der Waals surface area contributed by atoms with Gasteiger partial charge in [0.15, 0.2) is 0 Å². The van der Waals surface area contributed by atoms with Crippen molar-refractivity contribution >= 4 is 23.7 Å². The molecule has 0 aliphatic heterocycles. The summed E-state index contributed by atoms with van der Waals surface area (Å²) in [6, 6.07) is 11.5. The van der Waals surface area contributed by atoms with Crippen molar-refractivity contribution in [1.29, 1.82) is 0 Å². The Hall–Kier alpha value is -3.59. The Morgan fingerprint density at radius 2 is 1.90 bits per heavy atom. The van der Waals surface area contributed by atoms with Gasteiger partial charge in [0, 0.05) is 36.3 Å². The van der Waals surface area contributed by atoms with Gasteiger partial charge in [0.2, 0.25) is 5.91 Å². The van der Waals surface area contributed by atoms with Gasteiger partial charge in [0.05, 0.1) is 19.9 Å². The van der Waals surface area contributed by atoms with Gasteiger partial charge in [-0.3, -0.25) is 9.59 Å². The summed E-state index contributed by atoms with van der Waals surface area (Å²) in [6.45, 7) is 0.797. The number of nitrogens with zero attached hydrogens (tertiary/aromatic N) is 1.